The van der Waals surface area contributed by atoms with Crippen molar-refractivity contribution in [3.8, 4) is 10.6 Å². The average Bonchev–Trinajstić information content (AvgIpc) is 3.46. The van der Waals surface area contributed by atoms with Crippen molar-refractivity contribution >= 4 is 60.0 Å². The zero-order valence-electron chi connectivity index (χ0n) is 16.9. The molecule has 160 valence electrons. The van der Waals surface area contributed by atoms with Crippen LogP contribution in [0.2, 0.25) is 0 Å². The number of nitrogens with one attached hydrogen (secondary N) is 2. The predicted molar refractivity (Wildman–Crippen MR) is 123 cm³/mol. The first-order chi connectivity index (χ1) is 14.4. The van der Waals surface area contributed by atoms with Crippen LogP contribution in [0.25, 0.3) is 20.0 Å². The third kappa shape index (κ3) is 4.13. The van der Waals surface area contributed by atoms with Gasteiger partial charge in [0.2, 0.25) is 5.91 Å². The average molecular weight is 511 g/mol. The number of carbonyl (C=O) groups excluding carboxylic acids is 2. The van der Waals surface area contributed by atoms with Gasteiger partial charge in [-0.25, -0.2) is 9.78 Å². The van der Waals surface area contributed by atoms with Crippen LogP contribution in [0, 0.1) is 5.92 Å². The number of halogens is 1. The second-order valence-corrected chi connectivity index (χ2v) is 11.2. The molecule has 0 unspecified atom stereocenters. The lowest BCUT2D eigenvalue weighted by atomic mass is 10.0. The highest BCUT2D eigenvalue weighted by Crippen LogP contribution is 2.40. The van der Waals surface area contributed by atoms with Crippen LogP contribution in [0.1, 0.15) is 38.6 Å². The molecule has 30 heavy (non-hydrogen) atoms. The van der Waals surface area contributed by atoms with Crippen molar-refractivity contribution in [3.63, 3.8) is 0 Å². The van der Waals surface area contributed by atoms with E-state index in [1.54, 1.807) is 22.7 Å². The predicted octanol–water partition coefficient (Wildman–Crippen LogP) is 5.16. The maximum Gasteiger partial charge on any atom is 0.407 e. The minimum Gasteiger partial charge on any atom is -0.453 e. The summed E-state index contributed by atoms with van der Waals surface area (Å²) in [6, 6.07) is 3.53. The fourth-order valence-electron chi connectivity index (χ4n) is 3.76. The van der Waals surface area contributed by atoms with Gasteiger partial charge in [0.15, 0.2) is 0 Å². The van der Waals surface area contributed by atoms with Gasteiger partial charge in [0.1, 0.15) is 11.9 Å². The van der Waals surface area contributed by atoms with Gasteiger partial charge in [-0.05, 0) is 46.8 Å². The summed E-state index contributed by atoms with van der Waals surface area (Å²) in [6.45, 7) is 4.47. The normalized spacial score (nSPS) is 17.6. The number of aromatic nitrogens is 2. The lowest BCUT2D eigenvalue weighted by Crippen LogP contribution is -2.51. The highest BCUT2D eigenvalue weighted by Gasteiger charge is 2.37. The monoisotopic (exact) mass is 510 g/mol. The third-order valence-corrected chi connectivity index (χ3v) is 8.09. The zero-order valence-corrected chi connectivity index (χ0v) is 20.1. The number of H-pyrrole nitrogens is 1. The quantitative estimate of drug-likeness (QED) is 0.496. The number of methoxy groups -OCH3 is 1. The minimum absolute atomic E-state index is 0.0524. The highest BCUT2D eigenvalue weighted by molar-refractivity contribution is 9.11. The summed E-state index contributed by atoms with van der Waals surface area (Å²) in [7, 11) is 1.30. The molecule has 0 aromatic carbocycles. The minimum atomic E-state index is -0.630. The van der Waals surface area contributed by atoms with Crippen LogP contribution in [-0.4, -0.2) is 46.6 Å². The molecule has 4 rings (SSSR count). The highest BCUT2D eigenvalue weighted by atomic mass is 79.9. The van der Waals surface area contributed by atoms with Gasteiger partial charge in [-0.3, -0.25) is 4.79 Å². The Morgan fingerprint density at radius 1 is 1.33 bits per heavy atom. The standard InChI is InChI=1S/C20H23BrN4O3S2/c1-10(2)17(24-20(27)28-3)19(26)25-6-4-5-12(25)18-22-9-11(23-18)13-7-14-15(29-13)8-16(21)30-14/h7-10,12,17H,4-6H2,1-3H3,(H,22,23)(H,24,27)/t12-,17-/m0/s1. The molecule has 3 aromatic rings. The van der Waals surface area contributed by atoms with E-state index in [9.17, 15) is 9.59 Å². The first-order valence-corrected chi connectivity index (χ1v) is 12.2. The summed E-state index contributed by atoms with van der Waals surface area (Å²) in [5.41, 5.74) is 0.891. The van der Waals surface area contributed by atoms with Gasteiger partial charge in [-0.2, -0.15) is 0 Å². The van der Waals surface area contributed by atoms with E-state index in [4.69, 9.17) is 9.72 Å². The molecule has 1 aliphatic heterocycles. The van der Waals surface area contributed by atoms with E-state index in [1.807, 2.05) is 24.9 Å². The topological polar surface area (TPSA) is 87.3 Å². The van der Waals surface area contributed by atoms with E-state index in [0.717, 1.165) is 33.0 Å². The molecule has 0 aliphatic carbocycles. The number of imidazole rings is 1. The number of thiophene rings is 2. The molecule has 1 fully saturated rings. The lowest BCUT2D eigenvalue weighted by molar-refractivity contribution is -0.135. The van der Waals surface area contributed by atoms with Crippen LogP contribution in [0.15, 0.2) is 22.1 Å². The summed E-state index contributed by atoms with van der Waals surface area (Å²) >= 11 is 6.94. The van der Waals surface area contributed by atoms with Gasteiger partial charge in [0.05, 0.1) is 27.5 Å². The number of amides is 2. The summed E-state index contributed by atoms with van der Waals surface area (Å²) < 4.78 is 8.28. The second kappa shape index (κ2) is 8.68. The molecule has 0 bridgehead atoms. The number of carbonyl (C=O) groups is 2. The molecule has 7 nitrogen and oxygen atoms in total. The van der Waals surface area contributed by atoms with Crippen molar-refractivity contribution in [2.24, 2.45) is 5.92 Å². The fraction of sp³-hybridized carbons (Fsp3) is 0.450. The van der Waals surface area contributed by atoms with Gasteiger partial charge >= 0.3 is 6.09 Å². The fourth-order valence-corrected chi connectivity index (χ4v) is 6.74. The molecule has 0 radical (unpaired) electrons. The van der Waals surface area contributed by atoms with Crippen molar-refractivity contribution in [1.82, 2.24) is 20.2 Å². The van der Waals surface area contributed by atoms with Gasteiger partial charge in [-0.1, -0.05) is 13.8 Å². The van der Waals surface area contributed by atoms with Crippen molar-refractivity contribution < 1.29 is 14.3 Å². The largest absolute Gasteiger partial charge is 0.453 e. The molecular formula is C20H23BrN4O3S2. The molecule has 3 aromatic heterocycles. The smallest absolute Gasteiger partial charge is 0.407 e. The number of hydrogen-bond donors (Lipinski definition) is 2. The van der Waals surface area contributed by atoms with Gasteiger partial charge in [0, 0.05) is 22.1 Å². The molecule has 0 spiro atoms. The Balaban J connectivity index is 1.55. The Morgan fingerprint density at radius 2 is 2.10 bits per heavy atom. The zero-order chi connectivity index (χ0) is 21.4. The van der Waals surface area contributed by atoms with Crippen LogP contribution >= 0.6 is 38.6 Å². The number of alkyl carbamates (subject to hydrolysis) is 1. The molecular weight excluding hydrogens is 488 g/mol. The van der Waals surface area contributed by atoms with Crippen LogP contribution in [0.3, 0.4) is 0 Å². The molecule has 2 N–H and O–H groups in total. The molecule has 10 heteroatoms. The van der Waals surface area contributed by atoms with Crippen molar-refractivity contribution in [1.29, 1.82) is 0 Å². The van der Waals surface area contributed by atoms with Crippen LogP contribution < -0.4 is 5.32 Å². The van der Waals surface area contributed by atoms with E-state index in [-0.39, 0.29) is 17.9 Å². The maximum absolute atomic E-state index is 13.2. The molecule has 1 aliphatic rings. The number of ether oxygens (including phenoxy) is 1. The van der Waals surface area contributed by atoms with Gasteiger partial charge < -0.3 is 19.9 Å². The van der Waals surface area contributed by atoms with E-state index < -0.39 is 12.1 Å². The molecule has 4 heterocycles. The Morgan fingerprint density at radius 3 is 2.80 bits per heavy atom. The number of nitrogens with zero attached hydrogens (tertiary/aromatic N) is 2. The Labute approximate surface area is 191 Å². The Bertz CT molecular complexity index is 1040. The summed E-state index contributed by atoms with van der Waals surface area (Å²) in [4.78, 5) is 36.0. The number of likely N-dealkylation sites (tertiary alicyclic amines) is 1. The number of hydrogen-bond acceptors (Lipinski definition) is 6. The van der Waals surface area contributed by atoms with Crippen LogP contribution in [-0.2, 0) is 9.53 Å². The Hall–Kier alpha value is -1.91. The summed E-state index contributed by atoms with van der Waals surface area (Å²) in [5, 5.41) is 2.68. The second-order valence-electron chi connectivity index (χ2n) is 7.61. The number of aromatic amines is 1. The third-order valence-electron chi connectivity index (χ3n) is 5.27. The van der Waals surface area contributed by atoms with Crippen molar-refractivity contribution in [3.05, 3.63) is 27.9 Å². The van der Waals surface area contributed by atoms with Crippen molar-refractivity contribution in [2.75, 3.05) is 13.7 Å². The molecule has 2 atom stereocenters. The Kier molecular flexibility index (Phi) is 6.17. The van der Waals surface area contributed by atoms with E-state index in [2.05, 4.69) is 38.4 Å². The first-order valence-electron chi connectivity index (χ1n) is 9.77. The molecule has 2 amide bonds. The van der Waals surface area contributed by atoms with Gasteiger partial charge in [-0.15, -0.1) is 22.7 Å². The van der Waals surface area contributed by atoms with E-state index >= 15 is 0 Å². The van der Waals surface area contributed by atoms with E-state index in [1.165, 1.54) is 16.5 Å². The molecule has 1 saturated heterocycles. The van der Waals surface area contributed by atoms with E-state index in [0.29, 0.717) is 6.54 Å². The van der Waals surface area contributed by atoms with Crippen molar-refractivity contribution in [2.45, 2.75) is 38.8 Å². The summed E-state index contributed by atoms with van der Waals surface area (Å²) in [6.07, 6.45) is 3.06. The SMILES string of the molecule is COC(=O)N[C@H](C(=O)N1CCC[C@H]1c1nc(-c2cc3sc(Br)cc3s2)c[nH]1)C(C)C. The van der Waals surface area contributed by atoms with Crippen LogP contribution in [0.5, 0.6) is 0 Å². The summed E-state index contributed by atoms with van der Waals surface area (Å²) in [5.74, 6) is 0.634. The number of fused-ring (bicyclic) bond motifs is 1. The maximum atomic E-state index is 13.2. The molecule has 0 saturated carbocycles. The first kappa shape index (κ1) is 21.3. The van der Waals surface area contributed by atoms with Crippen LogP contribution in [0.4, 0.5) is 4.79 Å². The van der Waals surface area contributed by atoms with Gasteiger partial charge in [0.25, 0.3) is 0 Å². The number of rotatable bonds is 5. The lowest BCUT2D eigenvalue weighted by Gasteiger charge is -2.29.